The van der Waals surface area contributed by atoms with E-state index < -0.39 is 58.4 Å². The van der Waals surface area contributed by atoms with Gasteiger partial charge in [-0.1, -0.05) is 60.7 Å². The maximum atomic E-state index is 13.7. The zero-order valence-corrected chi connectivity index (χ0v) is 16.8. The Hall–Kier alpha value is -2.33. The lowest BCUT2D eigenvalue weighted by atomic mass is 9.92. The molecule has 0 aliphatic rings. The van der Waals surface area contributed by atoms with Crippen LogP contribution in [0.5, 0.6) is 0 Å². The van der Waals surface area contributed by atoms with Crippen LogP contribution in [0.1, 0.15) is 11.1 Å². The second-order valence-electron chi connectivity index (χ2n) is 6.46. The first kappa shape index (κ1) is 27.9. The number of alkyl halides is 12. The van der Waals surface area contributed by atoms with E-state index in [0.717, 1.165) is 12.1 Å². The Morgan fingerprint density at radius 3 is 0.912 bits per heavy atom. The van der Waals surface area contributed by atoms with Gasteiger partial charge in [-0.3, -0.25) is 0 Å². The number of halogens is 12. The molecule has 0 aliphatic carbocycles. The fourth-order valence-electron chi connectivity index (χ4n) is 2.83. The second-order valence-corrected chi connectivity index (χ2v) is 7.20. The van der Waals surface area contributed by atoms with Gasteiger partial charge in [-0.05, 0) is 0 Å². The third-order valence-corrected chi connectivity index (χ3v) is 5.12. The van der Waals surface area contributed by atoms with Crippen LogP contribution in [0.3, 0.4) is 0 Å². The van der Waals surface area contributed by atoms with Crippen LogP contribution in [0, 0.1) is 0 Å². The predicted octanol–water partition coefficient (Wildman–Crippen LogP) is 6.64. The van der Waals surface area contributed by atoms with E-state index in [-0.39, 0.29) is 24.3 Å². The highest BCUT2D eigenvalue weighted by atomic mass is 32.2. The van der Waals surface area contributed by atoms with E-state index in [9.17, 15) is 56.9 Å². The molecule has 0 saturated heterocycles. The summed E-state index contributed by atoms with van der Waals surface area (Å²) >= 11 is -4.93. The van der Waals surface area contributed by atoms with Gasteiger partial charge in [-0.15, -0.1) is 0 Å². The maximum absolute atomic E-state index is 13.7. The van der Waals surface area contributed by atoms with Crippen LogP contribution in [0.15, 0.2) is 60.7 Å². The van der Waals surface area contributed by atoms with Crippen LogP contribution in [0.4, 0.5) is 52.7 Å². The summed E-state index contributed by atoms with van der Waals surface area (Å²) in [5, 5.41) is 0. The van der Waals surface area contributed by atoms with E-state index in [1.165, 1.54) is 0 Å². The van der Waals surface area contributed by atoms with Crippen LogP contribution >= 0.6 is 0 Å². The molecule has 0 fully saturated rings. The van der Waals surface area contributed by atoms with Crippen LogP contribution in [-0.2, 0) is 30.9 Å². The molecule has 0 aromatic heterocycles. The van der Waals surface area contributed by atoms with Crippen molar-refractivity contribution in [2.24, 2.45) is 0 Å². The Morgan fingerprint density at radius 1 is 0.471 bits per heavy atom. The number of hydrogen-bond acceptors (Lipinski definition) is 3. The molecule has 0 heterocycles. The van der Waals surface area contributed by atoms with Gasteiger partial charge in [0.25, 0.3) is 0 Å². The van der Waals surface area contributed by atoms with Crippen LogP contribution in [0.25, 0.3) is 0 Å². The Kier molecular flexibility index (Phi) is 7.42. The fourth-order valence-corrected chi connectivity index (χ4v) is 3.84. The minimum atomic E-state index is -6.56. The minimum absolute atomic E-state index is 0.177. The van der Waals surface area contributed by atoms with Gasteiger partial charge in [-0.25, -0.2) is 8.37 Å². The SMILES string of the molecule is O=S(OC(c1ccccc1)(C(F)(F)F)C(F)(F)F)OC(c1ccccc1)(C(F)(F)F)C(F)(F)F. The fraction of sp³-hybridized carbons (Fsp3) is 0.333. The summed E-state index contributed by atoms with van der Waals surface area (Å²) in [7, 11) is 0. The number of hydrogen-bond donors (Lipinski definition) is 0. The standard InChI is InChI=1S/C18H10F12O3S/c19-15(20,21)13(16(22,23)24,11-7-3-1-4-8-11)32-34(31)33-14(17(25,26)27,18(28,29)30)12-9-5-2-6-10-12/h1-10H. The summed E-state index contributed by atoms with van der Waals surface area (Å²) in [6.45, 7) is 0. The van der Waals surface area contributed by atoms with Crippen molar-refractivity contribution in [3.63, 3.8) is 0 Å². The van der Waals surface area contributed by atoms with Crippen molar-refractivity contribution in [3.05, 3.63) is 71.8 Å². The summed E-state index contributed by atoms with van der Waals surface area (Å²) in [5.41, 5.74) is -14.9. The topological polar surface area (TPSA) is 35.5 Å². The van der Waals surface area contributed by atoms with E-state index in [2.05, 4.69) is 8.37 Å². The lowest BCUT2D eigenvalue weighted by Crippen LogP contribution is -2.59. The Bertz CT molecular complexity index is 874. The monoisotopic (exact) mass is 534 g/mol. The lowest BCUT2D eigenvalue weighted by molar-refractivity contribution is -0.377. The summed E-state index contributed by atoms with van der Waals surface area (Å²) in [6.07, 6.45) is -26.2. The van der Waals surface area contributed by atoms with Crippen molar-refractivity contribution in [1.29, 1.82) is 0 Å². The van der Waals surface area contributed by atoms with Crippen molar-refractivity contribution in [2.75, 3.05) is 0 Å². The Labute approximate surface area is 185 Å². The predicted molar refractivity (Wildman–Crippen MR) is 90.8 cm³/mol. The molecule has 0 saturated carbocycles. The van der Waals surface area contributed by atoms with Gasteiger partial charge in [0, 0.05) is 11.1 Å². The van der Waals surface area contributed by atoms with Gasteiger partial charge < -0.3 is 0 Å². The average molecular weight is 534 g/mol. The largest absolute Gasteiger partial charge is 0.432 e. The van der Waals surface area contributed by atoms with Gasteiger partial charge in [0.05, 0.1) is 0 Å². The smallest absolute Gasteiger partial charge is 0.237 e. The molecule has 0 amide bonds. The summed E-state index contributed by atoms with van der Waals surface area (Å²) in [6, 6.07) is 5.22. The minimum Gasteiger partial charge on any atom is -0.237 e. The van der Waals surface area contributed by atoms with E-state index in [1.807, 2.05) is 0 Å². The molecule has 0 N–H and O–H groups in total. The van der Waals surface area contributed by atoms with Crippen molar-refractivity contribution in [1.82, 2.24) is 0 Å². The molecular weight excluding hydrogens is 524 g/mol. The maximum Gasteiger partial charge on any atom is 0.432 e. The van der Waals surface area contributed by atoms with Crippen molar-refractivity contribution in [2.45, 2.75) is 35.9 Å². The van der Waals surface area contributed by atoms with Crippen molar-refractivity contribution >= 4 is 11.4 Å². The molecule has 0 atom stereocenters. The number of benzene rings is 2. The third-order valence-electron chi connectivity index (χ3n) is 4.34. The highest BCUT2D eigenvalue weighted by Crippen LogP contribution is 2.56. The Balaban J connectivity index is 2.72. The molecule has 34 heavy (non-hydrogen) atoms. The molecule has 0 radical (unpaired) electrons. The molecule has 2 aromatic rings. The van der Waals surface area contributed by atoms with Crippen molar-refractivity contribution in [3.8, 4) is 0 Å². The first-order chi connectivity index (χ1) is 15.3. The highest BCUT2D eigenvalue weighted by Gasteiger charge is 2.78. The van der Waals surface area contributed by atoms with Gasteiger partial charge >= 0.3 is 47.3 Å². The van der Waals surface area contributed by atoms with E-state index in [1.54, 1.807) is 0 Å². The molecule has 0 spiro atoms. The van der Waals surface area contributed by atoms with Gasteiger partial charge in [0.1, 0.15) is 0 Å². The lowest BCUT2D eigenvalue weighted by Gasteiger charge is -2.39. The van der Waals surface area contributed by atoms with Crippen LogP contribution in [0.2, 0.25) is 0 Å². The Morgan fingerprint density at radius 2 is 0.706 bits per heavy atom. The van der Waals surface area contributed by atoms with Gasteiger partial charge in [0.2, 0.25) is 0 Å². The molecule has 0 aliphatic heterocycles. The van der Waals surface area contributed by atoms with Gasteiger partial charge in [-0.2, -0.15) is 56.9 Å². The van der Waals surface area contributed by atoms with E-state index in [0.29, 0.717) is 24.3 Å². The van der Waals surface area contributed by atoms with Gasteiger partial charge in [0.15, 0.2) is 0 Å². The summed E-state index contributed by atoms with van der Waals surface area (Å²) < 4.78 is 183. The average Bonchev–Trinajstić information content (AvgIpc) is 2.67. The molecule has 3 nitrogen and oxygen atoms in total. The quantitative estimate of drug-likeness (QED) is 0.390. The van der Waals surface area contributed by atoms with Crippen LogP contribution in [-0.4, -0.2) is 28.9 Å². The highest BCUT2D eigenvalue weighted by molar-refractivity contribution is 7.75. The first-order valence-corrected chi connectivity index (χ1v) is 9.50. The molecule has 16 heteroatoms. The third kappa shape index (κ3) is 4.75. The summed E-state index contributed by atoms with van der Waals surface area (Å²) in [4.78, 5) is 0. The second kappa shape index (κ2) is 9.03. The van der Waals surface area contributed by atoms with E-state index >= 15 is 0 Å². The number of rotatable bonds is 6. The van der Waals surface area contributed by atoms with Crippen molar-refractivity contribution < 1.29 is 65.3 Å². The molecule has 190 valence electrons. The zero-order valence-electron chi connectivity index (χ0n) is 15.9. The molecule has 2 aromatic carbocycles. The summed E-state index contributed by atoms with van der Waals surface area (Å²) in [5.74, 6) is 0. The molecule has 2 rings (SSSR count). The molecular formula is C18H10F12O3S. The molecule has 0 bridgehead atoms. The normalized spacial score (nSPS) is 14.5. The molecule has 0 unspecified atom stereocenters. The van der Waals surface area contributed by atoms with Crippen LogP contribution < -0.4 is 0 Å². The first-order valence-electron chi connectivity index (χ1n) is 8.50. The zero-order chi connectivity index (χ0) is 26.2. The van der Waals surface area contributed by atoms with E-state index in [4.69, 9.17) is 0 Å².